The number of hydrogen-bond donors (Lipinski definition) is 0. The van der Waals surface area contributed by atoms with Gasteiger partial charge in [-0.1, -0.05) is 0 Å². The molecule has 0 nitrogen and oxygen atoms in total. The lowest BCUT2D eigenvalue weighted by Crippen LogP contribution is -2.42. The maximum atomic E-state index is 11.2. The van der Waals surface area contributed by atoms with Gasteiger partial charge in [0, 0.05) is 0 Å². The molecule has 0 rings (SSSR count). The summed E-state index contributed by atoms with van der Waals surface area (Å²) in [4.78, 5) is 0. The van der Waals surface area contributed by atoms with Crippen molar-refractivity contribution in [3.05, 3.63) is 0 Å². The normalized spacial score (nSPS) is 14.4. The molecular weight excluding hydrogens is 202 g/mol. The summed E-state index contributed by atoms with van der Waals surface area (Å²) in [6.45, 7) is 0. The van der Waals surface area contributed by atoms with Crippen LogP contribution in [0, 0.1) is 0 Å². The van der Waals surface area contributed by atoms with E-state index in [-0.39, 0.29) is 0 Å². The largest absolute Gasteiger partial charge is 0.384 e. The Morgan fingerprint density at radius 1 is 0.800 bits per heavy atom. The Morgan fingerprint density at radius 2 is 1.00 bits per heavy atom. The Morgan fingerprint density at radius 3 is 1.00 bits per heavy atom. The molecule has 0 aliphatic rings. The van der Waals surface area contributed by atoms with Crippen LogP contribution in [0.15, 0.2) is 0 Å². The van der Waals surface area contributed by atoms with Gasteiger partial charge in [0.2, 0.25) is 0 Å². The molecule has 0 N–H and O–H groups in total. The van der Waals surface area contributed by atoms with E-state index in [0.29, 0.717) is 0 Å². The molecule has 0 spiro atoms. The second kappa shape index (κ2) is 2.61. The van der Waals surface area contributed by atoms with Gasteiger partial charge in [0.05, 0.1) is 0 Å². The Balaban J connectivity index is 4.23. The van der Waals surface area contributed by atoms with Crippen LogP contribution in [0.2, 0.25) is 0 Å². The van der Waals surface area contributed by atoms with Crippen LogP contribution < -0.4 is 0 Å². The van der Waals surface area contributed by atoms with Gasteiger partial charge in [-0.05, 0) is 0 Å². The minimum atomic E-state index is -5.28. The van der Waals surface area contributed by atoms with E-state index < -0.39 is 19.7 Å². The molecule has 0 amide bonds. The summed E-state index contributed by atoms with van der Waals surface area (Å²) in [6.07, 6.45) is 0. The Bertz CT molecular complexity index is 99.9. The molecule has 62 valence electrons. The van der Waals surface area contributed by atoms with Crippen molar-refractivity contribution in [1.82, 2.24) is 0 Å². The fourth-order valence-corrected chi connectivity index (χ4v) is 0.557. The van der Waals surface area contributed by atoms with E-state index in [0.717, 1.165) is 0 Å². The second-order valence-corrected chi connectivity index (χ2v) is 4.79. The van der Waals surface area contributed by atoms with Crippen molar-refractivity contribution in [1.29, 1.82) is 0 Å². The lowest BCUT2D eigenvalue weighted by Gasteiger charge is -2.14. The van der Waals surface area contributed by atoms with Gasteiger partial charge in [0.1, 0.15) is 0 Å². The van der Waals surface area contributed by atoms with Crippen LogP contribution in [0.25, 0.3) is 0 Å². The highest BCUT2D eigenvalue weighted by Gasteiger charge is 2.58. The summed E-state index contributed by atoms with van der Waals surface area (Å²) in [5.41, 5.74) is 0. The third kappa shape index (κ3) is 2.78. The Labute approximate surface area is 58.1 Å². The minimum Gasteiger partial charge on any atom is -0.175 e. The van der Waals surface area contributed by atoms with Crippen molar-refractivity contribution >= 4 is 19.2 Å². The predicted molar refractivity (Wildman–Crippen MR) is 25.1 cm³/mol. The predicted octanol–water partition coefficient (Wildman–Crippen LogP) is 2.15. The lowest BCUT2D eigenvalue weighted by molar-refractivity contribution is -0.0988. The van der Waals surface area contributed by atoms with E-state index >= 15 is 0 Å². The van der Waals surface area contributed by atoms with Gasteiger partial charge in [-0.3, -0.25) is 0 Å². The highest BCUT2D eigenvalue weighted by atomic mass is 35.6. The van der Waals surface area contributed by atoms with Crippen LogP contribution in [0.5, 0.6) is 0 Å². The molecule has 8 heteroatoms. The van der Waals surface area contributed by atoms with Crippen molar-refractivity contribution in [3.8, 4) is 0 Å². The molecule has 0 aromatic carbocycles. The minimum absolute atomic E-state index is 4.12. The van der Waals surface area contributed by atoms with E-state index in [2.05, 4.69) is 11.1 Å². The van der Waals surface area contributed by atoms with Crippen LogP contribution in [-0.2, 0) is 0 Å². The lowest BCUT2D eigenvalue weighted by atomic mass is 11.5. The fourth-order valence-electron chi connectivity index (χ4n) is 0.186. The Hall–Kier alpha value is 0.0869. The van der Waals surface area contributed by atoms with Crippen molar-refractivity contribution in [2.75, 3.05) is 0 Å². The summed E-state index contributed by atoms with van der Waals surface area (Å²) in [5.74, 6) is -10.6. The Kier molecular flexibility index (Phi) is 2.63. The summed E-state index contributed by atoms with van der Waals surface area (Å²) >= 11 is 4.12. The van der Waals surface area contributed by atoms with Gasteiger partial charge in [0.15, 0.2) is 0 Å². The number of halogens is 7. The number of hydrogen-bond acceptors (Lipinski definition) is 0. The van der Waals surface area contributed by atoms with Crippen LogP contribution in [-0.4, -0.2) is 19.7 Å². The topological polar surface area (TPSA) is 0 Å². The molecule has 0 fully saturated rings. The molecule has 0 aliphatic carbocycles. The smallest absolute Gasteiger partial charge is 0.175 e. The average Bonchev–Trinajstić information content (AvgIpc) is 1.59. The number of alkyl halides is 6. The van der Waals surface area contributed by atoms with Crippen LogP contribution in [0.4, 0.5) is 26.3 Å². The zero-order valence-corrected chi connectivity index (χ0v) is 6.13. The molecule has 0 heterocycles. The maximum absolute atomic E-state index is 11.2. The van der Waals surface area contributed by atoms with E-state index in [1.165, 1.54) is 0 Å². The number of rotatable bonds is 0. The first kappa shape index (κ1) is 10.1. The molecule has 0 aromatic rings. The van der Waals surface area contributed by atoms with E-state index in [1.807, 2.05) is 0 Å². The molecule has 0 aliphatic heterocycles. The summed E-state index contributed by atoms with van der Waals surface area (Å²) in [7, 11) is -5.11. The highest BCUT2D eigenvalue weighted by molar-refractivity contribution is 7.09. The van der Waals surface area contributed by atoms with Gasteiger partial charge in [-0.2, -0.15) is 26.3 Å². The second-order valence-electron chi connectivity index (χ2n) is 1.45. The summed E-state index contributed by atoms with van der Waals surface area (Å²) in [5, 5.41) is 0. The van der Waals surface area contributed by atoms with Gasteiger partial charge in [0.25, 0.3) is 0 Å². The van der Waals surface area contributed by atoms with Crippen molar-refractivity contribution in [2.24, 2.45) is 0 Å². The van der Waals surface area contributed by atoms with E-state index in [1.54, 1.807) is 0 Å². The van der Waals surface area contributed by atoms with Crippen molar-refractivity contribution < 1.29 is 26.3 Å². The van der Waals surface area contributed by atoms with Crippen LogP contribution in [0.1, 0.15) is 0 Å². The van der Waals surface area contributed by atoms with Gasteiger partial charge < -0.3 is 0 Å². The first-order chi connectivity index (χ1) is 4.15. The molecule has 10 heavy (non-hydrogen) atoms. The fraction of sp³-hybridized carbons (Fsp3) is 1.00. The molecule has 0 aromatic heterocycles. The maximum Gasteiger partial charge on any atom is 0.384 e. The summed E-state index contributed by atoms with van der Waals surface area (Å²) in [6, 6.07) is 0. The zero-order valence-electron chi connectivity index (χ0n) is 4.22. The quantitative estimate of drug-likeness (QED) is 0.321. The first-order valence-electron chi connectivity index (χ1n) is 1.93. The molecule has 0 unspecified atom stereocenters. The molecule has 0 bridgehead atoms. The third-order valence-electron chi connectivity index (χ3n) is 0.575. The van der Waals surface area contributed by atoms with E-state index in [9.17, 15) is 26.3 Å². The van der Waals surface area contributed by atoms with Crippen molar-refractivity contribution in [2.45, 2.75) is 11.6 Å². The van der Waals surface area contributed by atoms with Gasteiger partial charge in [-0.15, -0.1) is 11.1 Å². The van der Waals surface area contributed by atoms with E-state index in [4.69, 9.17) is 0 Å². The highest BCUT2D eigenvalue weighted by Crippen LogP contribution is 2.33. The average molecular weight is 203 g/mol. The monoisotopic (exact) mass is 202 g/mol. The molecular formula is C2HClF6Si. The SMILES string of the molecule is FC(F)(F)[SiH](Cl)C(F)(F)F. The van der Waals surface area contributed by atoms with Crippen LogP contribution in [0.3, 0.4) is 0 Å². The standard InChI is InChI=1S/C2HClF6Si/c3-10(1(4,5)6)2(7,8)9/h10H. The van der Waals surface area contributed by atoms with Crippen LogP contribution >= 0.6 is 11.1 Å². The zero-order chi connectivity index (χ0) is 8.58. The molecule has 0 saturated carbocycles. The van der Waals surface area contributed by atoms with Gasteiger partial charge in [-0.25, -0.2) is 0 Å². The summed E-state index contributed by atoms with van der Waals surface area (Å²) < 4.78 is 66.9. The van der Waals surface area contributed by atoms with Gasteiger partial charge >= 0.3 is 19.7 Å². The first-order valence-corrected chi connectivity index (χ1v) is 4.83. The molecule has 0 radical (unpaired) electrons. The van der Waals surface area contributed by atoms with Crippen molar-refractivity contribution in [3.63, 3.8) is 0 Å². The molecule has 0 atom stereocenters. The molecule has 0 saturated heterocycles. The third-order valence-corrected chi connectivity index (χ3v) is 3.21.